The van der Waals surface area contributed by atoms with E-state index in [1.165, 1.54) is 0 Å². The Kier molecular flexibility index (Phi) is 6.66. The molecule has 8 nitrogen and oxygen atoms in total. The van der Waals surface area contributed by atoms with Crippen molar-refractivity contribution >= 4 is 68.4 Å². The minimum atomic E-state index is -0.607. The monoisotopic (exact) mass is 684 g/mol. The molecule has 0 unspecified atom stereocenters. The summed E-state index contributed by atoms with van der Waals surface area (Å²) in [5.41, 5.74) is 1.91. The molecule has 0 spiro atoms. The molecule has 0 aliphatic carbocycles. The number of nitrogens with one attached hydrogen (secondary N) is 1. The van der Waals surface area contributed by atoms with Crippen LogP contribution in [0, 0.1) is 0 Å². The third-order valence-electron chi connectivity index (χ3n) is 6.45. The number of carbonyl (C=O) groups is 2. The van der Waals surface area contributed by atoms with Gasteiger partial charge in [0.15, 0.2) is 5.54 Å². The van der Waals surface area contributed by atoms with Gasteiger partial charge >= 0.3 is 0 Å². The largest absolute Gasteiger partial charge is 0.376 e. The van der Waals surface area contributed by atoms with Crippen molar-refractivity contribution in [3.63, 3.8) is 0 Å². The molecular formula is C24H22I2N4O4. The van der Waals surface area contributed by atoms with Crippen LogP contribution < -0.4 is 5.56 Å². The summed E-state index contributed by atoms with van der Waals surface area (Å²) in [4.78, 5) is 45.2. The highest BCUT2D eigenvalue weighted by molar-refractivity contribution is 14.2. The van der Waals surface area contributed by atoms with Gasteiger partial charge in [-0.05, 0) is 35.2 Å². The van der Waals surface area contributed by atoms with E-state index in [9.17, 15) is 14.4 Å². The van der Waals surface area contributed by atoms with E-state index < -0.39 is 5.54 Å². The summed E-state index contributed by atoms with van der Waals surface area (Å²) in [7, 11) is 0. The molecule has 2 aliphatic rings. The lowest BCUT2D eigenvalue weighted by Crippen LogP contribution is -2.67. The highest BCUT2D eigenvalue weighted by atomic mass is 127. The number of rotatable bonds is 4. The van der Waals surface area contributed by atoms with Crippen LogP contribution in [0.25, 0.3) is 22.0 Å². The fourth-order valence-electron chi connectivity index (χ4n) is 4.33. The number of hydrogen-bond acceptors (Lipinski definition) is 5. The molecule has 2 fully saturated rings. The van der Waals surface area contributed by atoms with E-state index >= 15 is 0 Å². The lowest BCUT2D eigenvalue weighted by Gasteiger charge is -2.46. The Hall–Kier alpha value is -2.03. The molecule has 1 N–H and O–H groups in total. The number of amides is 2. The zero-order chi connectivity index (χ0) is 23.9. The molecular weight excluding hydrogens is 662 g/mol. The van der Waals surface area contributed by atoms with Gasteiger partial charge in [-0.3, -0.25) is 14.4 Å². The second kappa shape index (κ2) is 9.55. The number of piperazine rings is 1. The molecule has 1 aromatic heterocycles. The Bertz CT molecular complexity index is 1300. The van der Waals surface area contributed by atoms with Crippen LogP contribution in [0.4, 0.5) is 0 Å². The molecule has 176 valence electrons. The summed E-state index contributed by atoms with van der Waals surface area (Å²) in [6, 6.07) is 16.6. The number of ether oxygens (including phenoxy) is 1. The van der Waals surface area contributed by atoms with Crippen molar-refractivity contribution in [1.82, 2.24) is 16.1 Å². The van der Waals surface area contributed by atoms with Crippen molar-refractivity contribution < 1.29 is 14.3 Å². The van der Waals surface area contributed by atoms with Gasteiger partial charge in [0.25, 0.3) is 11.5 Å². The van der Waals surface area contributed by atoms with Gasteiger partial charge in [-0.2, -0.15) is 1.33 Å². The number of carbonyl (C=O) groups excluding carboxylic acids is 2. The van der Waals surface area contributed by atoms with E-state index in [-0.39, 0.29) is 17.4 Å². The number of aromatic nitrogens is 1. The molecule has 34 heavy (non-hydrogen) atoms. The highest BCUT2D eigenvalue weighted by Crippen LogP contribution is 2.34. The molecule has 0 radical (unpaired) electrons. The maximum absolute atomic E-state index is 13.1. The zero-order valence-corrected chi connectivity index (χ0v) is 22.5. The molecule has 0 saturated carbocycles. The molecule has 2 aliphatic heterocycles. The maximum Gasteiger partial charge on any atom is 0.256 e. The zero-order valence-electron chi connectivity index (χ0n) is 18.2. The molecule has 2 amide bonds. The van der Waals surface area contributed by atoms with Crippen molar-refractivity contribution in [3.05, 3.63) is 70.5 Å². The van der Waals surface area contributed by atoms with Gasteiger partial charge in [0.05, 0.1) is 13.2 Å². The first-order chi connectivity index (χ1) is 16.4. The number of para-hydroxylation sites is 1. The normalized spacial score (nSPS) is 17.6. The van der Waals surface area contributed by atoms with Gasteiger partial charge in [-0.15, -0.1) is 0 Å². The predicted molar refractivity (Wildman–Crippen MR) is 146 cm³/mol. The van der Waals surface area contributed by atoms with Crippen molar-refractivity contribution in [3.8, 4) is 11.1 Å². The standard InChI is InChI=1S/C24H22I2N4O4/c25-30(26)24(14-34-15-24)23(33)29-11-9-28(10-12-29)22(32)17-7-5-16(6-8-17)19-13-18-3-1-2-4-20(18)27-21(19)31/h1-8,13H,9-12,14-15H2,(H,27,31). The number of H-pyrrole nitrogens is 1. The van der Waals surface area contributed by atoms with Crippen LogP contribution in [0.3, 0.4) is 0 Å². The number of benzene rings is 2. The number of aromatic amines is 1. The summed E-state index contributed by atoms with van der Waals surface area (Å²) in [6.07, 6.45) is 0. The molecule has 0 bridgehead atoms. The summed E-state index contributed by atoms with van der Waals surface area (Å²) in [5.74, 6) is -0.0169. The first-order valence-electron chi connectivity index (χ1n) is 10.9. The average molecular weight is 684 g/mol. The third-order valence-corrected chi connectivity index (χ3v) is 8.30. The topological polar surface area (TPSA) is 86.0 Å². The van der Waals surface area contributed by atoms with Gasteiger partial charge in [0.2, 0.25) is 5.91 Å². The summed E-state index contributed by atoms with van der Waals surface area (Å²) < 4.78 is 7.18. The average Bonchev–Trinajstić information content (AvgIpc) is 2.82. The second-order valence-corrected chi connectivity index (χ2v) is 12.3. The maximum atomic E-state index is 13.1. The van der Waals surface area contributed by atoms with Crippen LogP contribution in [-0.2, 0) is 9.53 Å². The quantitative estimate of drug-likeness (QED) is 0.337. The third kappa shape index (κ3) is 4.25. The van der Waals surface area contributed by atoms with Gasteiger partial charge in [0.1, 0.15) is 0 Å². The van der Waals surface area contributed by atoms with Gasteiger partial charge in [-0.25, -0.2) is 0 Å². The van der Waals surface area contributed by atoms with Crippen LogP contribution >= 0.6 is 45.7 Å². The van der Waals surface area contributed by atoms with E-state index in [0.29, 0.717) is 50.5 Å². The number of halogens is 2. The van der Waals surface area contributed by atoms with Crippen molar-refractivity contribution in [2.75, 3.05) is 39.4 Å². The fourth-order valence-corrected chi connectivity index (χ4v) is 5.30. The van der Waals surface area contributed by atoms with Gasteiger partial charge in [-0.1, -0.05) is 30.3 Å². The van der Waals surface area contributed by atoms with Gasteiger partial charge < -0.3 is 19.5 Å². The Labute approximate surface area is 224 Å². The number of hydrogen-bond donors (Lipinski definition) is 1. The Morgan fingerprint density at radius 2 is 1.59 bits per heavy atom. The summed E-state index contributed by atoms with van der Waals surface area (Å²) in [6.45, 7) is 2.74. The first kappa shape index (κ1) is 23.7. The summed E-state index contributed by atoms with van der Waals surface area (Å²) >= 11 is 4.25. The molecule has 3 heterocycles. The number of nitrogens with zero attached hydrogens (tertiary/aromatic N) is 3. The predicted octanol–water partition coefficient (Wildman–Crippen LogP) is 3.25. The molecule has 2 saturated heterocycles. The van der Waals surface area contributed by atoms with Gasteiger partial charge in [0, 0.05) is 88.6 Å². The van der Waals surface area contributed by atoms with Crippen LogP contribution in [0.15, 0.2) is 59.4 Å². The highest BCUT2D eigenvalue weighted by Gasteiger charge is 2.52. The summed E-state index contributed by atoms with van der Waals surface area (Å²) in [5, 5.41) is 0.952. The van der Waals surface area contributed by atoms with Crippen LogP contribution in [-0.4, -0.2) is 72.9 Å². The Morgan fingerprint density at radius 1 is 0.941 bits per heavy atom. The Balaban J connectivity index is 1.26. The van der Waals surface area contributed by atoms with Crippen LogP contribution in [0.5, 0.6) is 0 Å². The SMILES string of the molecule is O=C(c1ccc(-c2cc3ccccc3[nH]c2=O)cc1)N1CCN(C(=O)C2(N(I)I)COC2)CC1. The molecule has 3 aromatic rings. The first-order valence-corrected chi connectivity index (χ1v) is 12.8. The minimum absolute atomic E-state index is 0.0552. The van der Waals surface area contributed by atoms with E-state index in [4.69, 9.17) is 4.74 Å². The lowest BCUT2D eigenvalue weighted by atomic mass is 9.96. The van der Waals surface area contributed by atoms with Crippen LogP contribution in [0.2, 0.25) is 0 Å². The van der Waals surface area contributed by atoms with E-state index in [2.05, 4.69) is 50.7 Å². The molecule has 10 heteroatoms. The number of fused-ring (bicyclic) bond motifs is 1. The van der Waals surface area contributed by atoms with Crippen molar-refractivity contribution in [1.29, 1.82) is 0 Å². The molecule has 0 atom stereocenters. The van der Waals surface area contributed by atoms with E-state index in [1.54, 1.807) is 17.0 Å². The minimum Gasteiger partial charge on any atom is -0.376 e. The second-order valence-electron chi connectivity index (χ2n) is 8.52. The molecule has 5 rings (SSSR count). The van der Waals surface area contributed by atoms with Crippen molar-refractivity contribution in [2.24, 2.45) is 0 Å². The Morgan fingerprint density at radius 3 is 2.21 bits per heavy atom. The number of pyridine rings is 1. The van der Waals surface area contributed by atoms with Crippen LogP contribution in [0.1, 0.15) is 10.4 Å². The smallest absolute Gasteiger partial charge is 0.256 e. The van der Waals surface area contributed by atoms with Crippen molar-refractivity contribution in [2.45, 2.75) is 5.54 Å². The molecule has 2 aromatic carbocycles. The fraction of sp³-hybridized carbons (Fsp3) is 0.292. The lowest BCUT2D eigenvalue weighted by molar-refractivity contribution is -0.161. The van der Waals surface area contributed by atoms with E-state index in [1.807, 2.05) is 48.7 Å². The van der Waals surface area contributed by atoms with E-state index in [0.717, 1.165) is 16.5 Å².